The number of piperidine rings is 1. The lowest BCUT2D eigenvalue weighted by Gasteiger charge is -2.31. The quantitative estimate of drug-likeness (QED) is 0.874. The molecule has 21 heavy (non-hydrogen) atoms. The van der Waals surface area contributed by atoms with Gasteiger partial charge in [-0.05, 0) is 49.3 Å². The molecule has 4 heteroatoms. The predicted molar refractivity (Wildman–Crippen MR) is 85.5 cm³/mol. The van der Waals surface area contributed by atoms with Gasteiger partial charge in [0.25, 0.3) is 0 Å². The summed E-state index contributed by atoms with van der Waals surface area (Å²) >= 11 is 0. The summed E-state index contributed by atoms with van der Waals surface area (Å²) in [7, 11) is 0. The molecule has 1 heterocycles. The van der Waals surface area contributed by atoms with E-state index in [9.17, 15) is 9.90 Å². The third kappa shape index (κ3) is 4.74. The Kier molecular flexibility index (Phi) is 6.05. The lowest BCUT2D eigenvalue weighted by atomic mass is 9.99. The molecule has 1 unspecified atom stereocenters. The van der Waals surface area contributed by atoms with Crippen molar-refractivity contribution in [2.24, 2.45) is 5.92 Å². The molecule has 2 amide bonds. The molecule has 1 aliphatic rings. The molecule has 0 saturated carbocycles. The third-order valence-electron chi connectivity index (χ3n) is 4.09. The maximum atomic E-state index is 12.2. The zero-order valence-corrected chi connectivity index (χ0v) is 12.8. The molecular weight excluding hydrogens is 264 g/mol. The van der Waals surface area contributed by atoms with Crippen LogP contribution >= 0.6 is 0 Å². The molecule has 0 radical (unpaired) electrons. The number of amides is 2. The van der Waals surface area contributed by atoms with Gasteiger partial charge in [-0.2, -0.15) is 0 Å². The van der Waals surface area contributed by atoms with Crippen molar-refractivity contribution < 1.29 is 9.90 Å². The van der Waals surface area contributed by atoms with Crippen molar-refractivity contribution in [3.63, 3.8) is 0 Å². The van der Waals surface area contributed by atoms with E-state index in [1.807, 2.05) is 12.1 Å². The number of nitrogens with one attached hydrogen (secondary N) is 1. The number of carbonyl (C=O) groups excluding carboxylic acids is 1. The highest BCUT2D eigenvalue weighted by Crippen LogP contribution is 2.18. The summed E-state index contributed by atoms with van der Waals surface area (Å²) in [5, 5.41) is 12.2. The molecule has 1 atom stereocenters. The first-order chi connectivity index (χ1) is 10.2. The summed E-state index contributed by atoms with van der Waals surface area (Å²) in [4.78, 5) is 14.0. The highest BCUT2D eigenvalue weighted by Gasteiger charge is 2.22. The minimum absolute atomic E-state index is 0.0607. The average Bonchev–Trinajstić information content (AvgIpc) is 2.54. The van der Waals surface area contributed by atoms with Gasteiger partial charge in [-0.1, -0.05) is 25.5 Å². The molecule has 116 valence electrons. The van der Waals surface area contributed by atoms with Crippen LogP contribution in [0.3, 0.4) is 0 Å². The van der Waals surface area contributed by atoms with Crippen LogP contribution in [0.1, 0.15) is 38.2 Å². The van der Waals surface area contributed by atoms with Crippen LogP contribution in [0.4, 0.5) is 10.5 Å². The smallest absolute Gasteiger partial charge is 0.321 e. The second-order valence-electron chi connectivity index (χ2n) is 5.87. The monoisotopic (exact) mass is 290 g/mol. The van der Waals surface area contributed by atoms with Gasteiger partial charge in [-0.15, -0.1) is 0 Å². The molecule has 1 aromatic rings. The molecule has 1 aliphatic heterocycles. The van der Waals surface area contributed by atoms with Crippen LogP contribution in [0, 0.1) is 5.92 Å². The standard InChI is InChI=1S/C17H26N2O2/c1-2-3-5-14-7-9-16(10-8-14)18-17(21)19-11-4-6-15(12-19)13-20/h7-10,15,20H,2-6,11-13H2,1H3,(H,18,21). The second kappa shape index (κ2) is 8.03. The highest BCUT2D eigenvalue weighted by atomic mass is 16.3. The molecular formula is C17H26N2O2. The van der Waals surface area contributed by atoms with Gasteiger partial charge in [0.2, 0.25) is 0 Å². The van der Waals surface area contributed by atoms with Crippen molar-refractivity contribution in [1.29, 1.82) is 0 Å². The Bertz CT molecular complexity index is 445. The molecule has 2 N–H and O–H groups in total. The van der Waals surface area contributed by atoms with E-state index in [0.29, 0.717) is 6.54 Å². The van der Waals surface area contributed by atoms with Crippen LogP contribution in [-0.4, -0.2) is 35.7 Å². The van der Waals surface area contributed by atoms with Crippen LogP contribution in [0.15, 0.2) is 24.3 Å². The van der Waals surface area contributed by atoms with E-state index in [-0.39, 0.29) is 18.6 Å². The number of rotatable bonds is 5. The van der Waals surface area contributed by atoms with Gasteiger partial charge in [-0.3, -0.25) is 0 Å². The molecule has 0 bridgehead atoms. The van der Waals surface area contributed by atoms with E-state index >= 15 is 0 Å². The maximum Gasteiger partial charge on any atom is 0.321 e. The summed E-state index contributed by atoms with van der Waals surface area (Å²) < 4.78 is 0. The van der Waals surface area contributed by atoms with Crippen molar-refractivity contribution in [2.75, 3.05) is 25.0 Å². The zero-order valence-electron chi connectivity index (χ0n) is 12.8. The lowest BCUT2D eigenvalue weighted by molar-refractivity contribution is 0.136. The van der Waals surface area contributed by atoms with E-state index in [1.54, 1.807) is 4.90 Å². The van der Waals surface area contributed by atoms with E-state index in [0.717, 1.165) is 31.5 Å². The number of hydrogen-bond donors (Lipinski definition) is 2. The van der Waals surface area contributed by atoms with Gasteiger partial charge in [-0.25, -0.2) is 4.79 Å². The van der Waals surface area contributed by atoms with Crippen LogP contribution in [0.2, 0.25) is 0 Å². The summed E-state index contributed by atoms with van der Waals surface area (Å²) in [6.45, 7) is 3.77. The van der Waals surface area contributed by atoms with Crippen LogP contribution < -0.4 is 5.32 Å². The van der Waals surface area contributed by atoms with Gasteiger partial charge in [0.1, 0.15) is 0 Å². The van der Waals surface area contributed by atoms with Crippen molar-refractivity contribution in [3.05, 3.63) is 29.8 Å². The Morgan fingerprint density at radius 1 is 1.38 bits per heavy atom. The summed E-state index contributed by atoms with van der Waals surface area (Å²) in [6, 6.07) is 8.04. The predicted octanol–water partition coefficient (Wildman–Crippen LogP) is 3.27. The van der Waals surface area contributed by atoms with Crippen LogP contribution in [0.5, 0.6) is 0 Å². The fourth-order valence-corrected chi connectivity index (χ4v) is 2.74. The lowest BCUT2D eigenvalue weighted by Crippen LogP contribution is -2.43. The number of likely N-dealkylation sites (tertiary alicyclic amines) is 1. The molecule has 0 spiro atoms. The van der Waals surface area contributed by atoms with E-state index < -0.39 is 0 Å². The number of anilines is 1. The van der Waals surface area contributed by atoms with Crippen LogP contribution in [-0.2, 0) is 6.42 Å². The van der Waals surface area contributed by atoms with Gasteiger partial charge >= 0.3 is 6.03 Å². The average molecular weight is 290 g/mol. The number of aryl methyl sites for hydroxylation is 1. The molecule has 2 rings (SSSR count). The van der Waals surface area contributed by atoms with Crippen molar-refractivity contribution >= 4 is 11.7 Å². The minimum atomic E-state index is -0.0607. The summed E-state index contributed by atoms with van der Waals surface area (Å²) in [5.74, 6) is 0.223. The first kappa shape index (κ1) is 15.8. The Morgan fingerprint density at radius 2 is 2.14 bits per heavy atom. The fraction of sp³-hybridized carbons (Fsp3) is 0.588. The number of unbranched alkanes of at least 4 members (excludes halogenated alkanes) is 1. The van der Waals surface area contributed by atoms with Gasteiger partial charge in [0, 0.05) is 25.4 Å². The Balaban J connectivity index is 1.87. The number of nitrogens with zero attached hydrogens (tertiary/aromatic N) is 1. The second-order valence-corrected chi connectivity index (χ2v) is 5.87. The Labute approximate surface area is 127 Å². The molecule has 4 nitrogen and oxygen atoms in total. The molecule has 1 saturated heterocycles. The molecule has 0 aromatic heterocycles. The van der Waals surface area contributed by atoms with E-state index in [4.69, 9.17) is 0 Å². The zero-order chi connectivity index (χ0) is 15.1. The first-order valence-corrected chi connectivity index (χ1v) is 7.98. The van der Waals surface area contributed by atoms with E-state index in [1.165, 1.54) is 18.4 Å². The van der Waals surface area contributed by atoms with Crippen molar-refractivity contribution in [3.8, 4) is 0 Å². The summed E-state index contributed by atoms with van der Waals surface area (Å²) in [5.41, 5.74) is 2.15. The third-order valence-corrected chi connectivity index (χ3v) is 4.09. The highest BCUT2D eigenvalue weighted by molar-refractivity contribution is 5.89. The van der Waals surface area contributed by atoms with Crippen LogP contribution in [0.25, 0.3) is 0 Å². The number of carbonyl (C=O) groups is 1. The number of hydrogen-bond acceptors (Lipinski definition) is 2. The number of urea groups is 1. The van der Waals surface area contributed by atoms with Gasteiger partial charge in [0.15, 0.2) is 0 Å². The van der Waals surface area contributed by atoms with Crippen molar-refractivity contribution in [1.82, 2.24) is 4.90 Å². The normalized spacial score (nSPS) is 18.6. The molecule has 1 aromatic carbocycles. The topological polar surface area (TPSA) is 52.6 Å². The van der Waals surface area contributed by atoms with Crippen molar-refractivity contribution in [2.45, 2.75) is 39.0 Å². The van der Waals surface area contributed by atoms with Gasteiger partial charge in [0.05, 0.1) is 0 Å². The largest absolute Gasteiger partial charge is 0.396 e. The summed E-state index contributed by atoms with van der Waals surface area (Å²) in [6.07, 6.45) is 5.46. The Hall–Kier alpha value is -1.55. The maximum absolute atomic E-state index is 12.2. The van der Waals surface area contributed by atoms with E-state index in [2.05, 4.69) is 24.4 Å². The number of aliphatic hydroxyl groups is 1. The molecule has 1 fully saturated rings. The minimum Gasteiger partial charge on any atom is -0.396 e. The Morgan fingerprint density at radius 3 is 2.81 bits per heavy atom. The fourth-order valence-electron chi connectivity index (χ4n) is 2.74. The number of aliphatic hydroxyl groups excluding tert-OH is 1. The SMILES string of the molecule is CCCCc1ccc(NC(=O)N2CCCC(CO)C2)cc1. The molecule has 0 aliphatic carbocycles. The first-order valence-electron chi connectivity index (χ1n) is 7.98. The number of benzene rings is 1. The van der Waals surface area contributed by atoms with Gasteiger partial charge < -0.3 is 15.3 Å².